The Hall–Kier alpha value is -1.62. The summed E-state index contributed by atoms with van der Waals surface area (Å²) in [4.78, 5) is 10.3. The molecule has 0 aliphatic rings. The molecule has 0 amide bonds. The number of rotatable bonds is 4. The Balaban J connectivity index is 3.24. The zero-order valence-electron chi connectivity index (χ0n) is 9.69. The molecule has 0 aliphatic heterocycles. The Morgan fingerprint density at radius 2 is 2.12 bits per heavy atom. The van der Waals surface area contributed by atoms with Gasteiger partial charge in [-0.25, -0.2) is 0 Å². The molecule has 2 N–H and O–H groups in total. The first kappa shape index (κ1) is 12.4. The molecule has 5 nitrogen and oxygen atoms in total. The summed E-state index contributed by atoms with van der Waals surface area (Å²) in [7, 11) is 1.42. The minimum atomic E-state index is -0.460. The maximum absolute atomic E-state index is 10.7. The van der Waals surface area contributed by atoms with Crippen LogP contribution < -0.4 is 10.5 Å². The van der Waals surface area contributed by atoms with Crippen molar-refractivity contribution in [1.29, 1.82) is 0 Å². The lowest BCUT2D eigenvalue weighted by Gasteiger charge is -2.23. The van der Waals surface area contributed by atoms with Gasteiger partial charge in [0, 0.05) is 18.0 Å². The molecule has 0 saturated carbocycles. The van der Waals surface area contributed by atoms with Crippen LogP contribution in [0.1, 0.15) is 19.4 Å². The molecule has 1 rings (SSSR count). The second-order valence-electron chi connectivity index (χ2n) is 4.23. The van der Waals surface area contributed by atoms with Gasteiger partial charge in [0.25, 0.3) is 0 Å². The molecule has 0 aliphatic carbocycles. The molecule has 16 heavy (non-hydrogen) atoms. The van der Waals surface area contributed by atoms with Crippen LogP contribution in [0.4, 0.5) is 5.69 Å². The van der Waals surface area contributed by atoms with Gasteiger partial charge in [-0.1, -0.05) is 19.9 Å². The molecule has 0 unspecified atom stereocenters. The van der Waals surface area contributed by atoms with E-state index in [4.69, 9.17) is 10.5 Å². The van der Waals surface area contributed by atoms with Gasteiger partial charge in [0.1, 0.15) is 0 Å². The van der Waals surface area contributed by atoms with Gasteiger partial charge in [0.15, 0.2) is 5.75 Å². The zero-order chi connectivity index (χ0) is 12.3. The molecule has 0 heterocycles. The minimum absolute atomic E-state index is 0.0286. The van der Waals surface area contributed by atoms with Crippen LogP contribution in [0.2, 0.25) is 0 Å². The predicted molar refractivity (Wildman–Crippen MR) is 61.7 cm³/mol. The van der Waals surface area contributed by atoms with Crippen molar-refractivity contribution in [2.24, 2.45) is 5.73 Å². The fourth-order valence-electron chi connectivity index (χ4n) is 1.37. The van der Waals surface area contributed by atoms with Crippen molar-refractivity contribution in [3.8, 4) is 5.75 Å². The summed E-state index contributed by atoms with van der Waals surface area (Å²) >= 11 is 0. The topological polar surface area (TPSA) is 78.4 Å². The monoisotopic (exact) mass is 224 g/mol. The highest BCUT2D eigenvalue weighted by molar-refractivity contribution is 5.49. The first-order chi connectivity index (χ1) is 7.42. The third kappa shape index (κ3) is 2.30. The average molecular weight is 224 g/mol. The average Bonchev–Trinajstić information content (AvgIpc) is 2.27. The van der Waals surface area contributed by atoms with E-state index < -0.39 is 4.92 Å². The maximum Gasteiger partial charge on any atom is 0.310 e. The Labute approximate surface area is 94.4 Å². The van der Waals surface area contributed by atoms with Crippen molar-refractivity contribution in [2.75, 3.05) is 13.7 Å². The number of nitrogens with two attached hydrogens (primary N) is 1. The molecule has 0 atom stereocenters. The molecule has 1 aromatic carbocycles. The highest BCUT2D eigenvalue weighted by atomic mass is 16.6. The Bertz CT molecular complexity index is 402. The number of nitro groups is 1. The number of nitrogens with zero attached hydrogens (tertiary/aromatic N) is 1. The lowest BCUT2D eigenvalue weighted by molar-refractivity contribution is -0.385. The SMILES string of the molecule is COc1cc(C(C)(C)CN)ccc1[N+](=O)[O-]. The standard InChI is InChI=1S/C11H16N2O3/c1-11(2,7-12)8-4-5-9(13(14)15)10(6-8)16-3/h4-6H,7,12H2,1-3H3. The molecule has 5 heteroatoms. The van der Waals surface area contributed by atoms with E-state index in [2.05, 4.69) is 0 Å². The Kier molecular flexibility index (Phi) is 3.49. The molecule has 0 fully saturated rings. The molecule has 0 radical (unpaired) electrons. The highest BCUT2D eigenvalue weighted by Crippen LogP contribution is 2.32. The normalized spacial score (nSPS) is 11.2. The molecule has 0 bridgehead atoms. The van der Waals surface area contributed by atoms with Crippen LogP contribution in [0, 0.1) is 10.1 Å². The van der Waals surface area contributed by atoms with Gasteiger partial charge in [-0.15, -0.1) is 0 Å². The fourth-order valence-corrected chi connectivity index (χ4v) is 1.37. The number of methoxy groups -OCH3 is 1. The van der Waals surface area contributed by atoms with Crippen molar-refractivity contribution < 1.29 is 9.66 Å². The number of hydrogen-bond acceptors (Lipinski definition) is 4. The van der Waals surface area contributed by atoms with Crippen LogP contribution in [0.3, 0.4) is 0 Å². The number of benzene rings is 1. The van der Waals surface area contributed by atoms with Crippen LogP contribution in [0.15, 0.2) is 18.2 Å². The Morgan fingerprint density at radius 3 is 2.56 bits per heavy atom. The summed E-state index contributed by atoms with van der Waals surface area (Å²) in [6, 6.07) is 4.84. The second kappa shape index (κ2) is 4.49. The van der Waals surface area contributed by atoms with Gasteiger partial charge in [-0.2, -0.15) is 0 Å². The molecule has 0 aromatic heterocycles. The first-order valence-electron chi connectivity index (χ1n) is 4.95. The van der Waals surface area contributed by atoms with Gasteiger partial charge < -0.3 is 10.5 Å². The lowest BCUT2D eigenvalue weighted by Crippen LogP contribution is -2.28. The van der Waals surface area contributed by atoms with E-state index in [1.807, 2.05) is 13.8 Å². The largest absolute Gasteiger partial charge is 0.490 e. The lowest BCUT2D eigenvalue weighted by atomic mass is 9.84. The summed E-state index contributed by atoms with van der Waals surface area (Å²) in [6.45, 7) is 4.43. The van der Waals surface area contributed by atoms with E-state index in [-0.39, 0.29) is 16.9 Å². The maximum atomic E-state index is 10.7. The molecule has 0 spiro atoms. The van der Waals surface area contributed by atoms with Gasteiger partial charge in [0.2, 0.25) is 0 Å². The highest BCUT2D eigenvalue weighted by Gasteiger charge is 2.22. The first-order valence-corrected chi connectivity index (χ1v) is 4.95. The summed E-state index contributed by atoms with van der Waals surface area (Å²) in [6.07, 6.45) is 0. The van der Waals surface area contributed by atoms with E-state index in [0.717, 1.165) is 5.56 Å². The van der Waals surface area contributed by atoms with Crippen LogP contribution in [-0.2, 0) is 5.41 Å². The quantitative estimate of drug-likeness (QED) is 0.625. The van der Waals surface area contributed by atoms with Crippen molar-refractivity contribution in [2.45, 2.75) is 19.3 Å². The summed E-state index contributed by atoms with van der Waals surface area (Å²) < 4.78 is 5.00. The van der Waals surface area contributed by atoms with Crippen molar-refractivity contribution in [3.05, 3.63) is 33.9 Å². The number of ether oxygens (including phenoxy) is 1. The van der Waals surface area contributed by atoms with E-state index in [0.29, 0.717) is 6.54 Å². The molecule has 88 valence electrons. The predicted octanol–water partition coefficient (Wildman–Crippen LogP) is 1.84. The van der Waals surface area contributed by atoms with Gasteiger partial charge in [0.05, 0.1) is 12.0 Å². The van der Waals surface area contributed by atoms with E-state index in [9.17, 15) is 10.1 Å². The van der Waals surface area contributed by atoms with Crippen LogP contribution >= 0.6 is 0 Å². The van der Waals surface area contributed by atoms with Crippen LogP contribution in [-0.4, -0.2) is 18.6 Å². The van der Waals surface area contributed by atoms with Crippen LogP contribution in [0.25, 0.3) is 0 Å². The van der Waals surface area contributed by atoms with Crippen LogP contribution in [0.5, 0.6) is 5.75 Å². The summed E-state index contributed by atoms with van der Waals surface area (Å²) in [5, 5.41) is 10.7. The molecule has 1 aromatic rings. The van der Waals surface area contributed by atoms with E-state index >= 15 is 0 Å². The summed E-state index contributed by atoms with van der Waals surface area (Å²) in [5.74, 6) is 0.268. The van der Waals surface area contributed by atoms with Crippen molar-refractivity contribution >= 4 is 5.69 Å². The molecular formula is C11H16N2O3. The smallest absolute Gasteiger partial charge is 0.310 e. The van der Waals surface area contributed by atoms with Gasteiger partial charge >= 0.3 is 5.69 Å². The molecular weight excluding hydrogens is 208 g/mol. The second-order valence-corrected chi connectivity index (χ2v) is 4.23. The van der Waals surface area contributed by atoms with Crippen molar-refractivity contribution in [3.63, 3.8) is 0 Å². The number of hydrogen-bond donors (Lipinski definition) is 1. The van der Waals surface area contributed by atoms with E-state index in [1.165, 1.54) is 13.2 Å². The van der Waals surface area contributed by atoms with Gasteiger partial charge in [-0.3, -0.25) is 10.1 Å². The third-order valence-electron chi connectivity index (χ3n) is 2.67. The third-order valence-corrected chi connectivity index (χ3v) is 2.67. The zero-order valence-corrected chi connectivity index (χ0v) is 9.69. The van der Waals surface area contributed by atoms with Gasteiger partial charge in [-0.05, 0) is 11.6 Å². The Morgan fingerprint density at radius 1 is 1.50 bits per heavy atom. The number of nitro benzene ring substituents is 1. The van der Waals surface area contributed by atoms with Crippen molar-refractivity contribution in [1.82, 2.24) is 0 Å². The molecule has 0 saturated heterocycles. The minimum Gasteiger partial charge on any atom is -0.490 e. The summed E-state index contributed by atoms with van der Waals surface area (Å²) in [5.41, 5.74) is 6.33. The van der Waals surface area contributed by atoms with E-state index in [1.54, 1.807) is 12.1 Å². The fraction of sp³-hybridized carbons (Fsp3) is 0.455.